The summed E-state index contributed by atoms with van der Waals surface area (Å²) in [6.07, 6.45) is -4.84. The summed E-state index contributed by atoms with van der Waals surface area (Å²) in [5.74, 6) is -0.956. The van der Waals surface area contributed by atoms with Gasteiger partial charge in [-0.15, -0.1) is 0 Å². The Morgan fingerprint density at radius 3 is 2.47 bits per heavy atom. The number of alkyl halides is 3. The van der Waals surface area contributed by atoms with Gasteiger partial charge in [0.15, 0.2) is 0 Å². The quantitative estimate of drug-likeness (QED) is 0.766. The topological polar surface area (TPSA) is 33.5 Å². The van der Waals surface area contributed by atoms with Crippen LogP contribution in [-0.2, 0) is 11.3 Å². The predicted octanol–water partition coefficient (Wildman–Crippen LogP) is 2.11. The van der Waals surface area contributed by atoms with Crippen molar-refractivity contribution in [1.82, 2.24) is 4.90 Å². The molecule has 15 heavy (non-hydrogen) atoms. The van der Waals surface area contributed by atoms with Crippen LogP contribution in [0.4, 0.5) is 13.2 Å². The number of carbonyl (C=O) groups is 1. The molecule has 0 bridgehead atoms. The van der Waals surface area contributed by atoms with Crippen LogP contribution in [-0.4, -0.2) is 24.0 Å². The molecule has 6 heteroatoms. The van der Waals surface area contributed by atoms with Gasteiger partial charge in [-0.3, -0.25) is 4.79 Å². The highest BCUT2D eigenvalue weighted by Crippen LogP contribution is 2.19. The summed E-state index contributed by atoms with van der Waals surface area (Å²) >= 11 is 0. The maximum Gasteiger partial charge on any atom is 0.471 e. The number of amides is 1. The van der Waals surface area contributed by atoms with E-state index in [1.165, 1.54) is 6.07 Å². The van der Waals surface area contributed by atoms with E-state index in [1.807, 2.05) is 0 Å². The minimum absolute atomic E-state index is 0.188. The number of rotatable bonds is 2. The number of carbonyl (C=O) groups excluding carboxylic acids is 1. The fraction of sp³-hybridized carbons (Fsp3) is 0.444. The third-order valence-electron chi connectivity index (χ3n) is 1.78. The van der Waals surface area contributed by atoms with Crippen molar-refractivity contribution in [1.29, 1.82) is 0 Å². The Morgan fingerprint density at radius 1 is 1.47 bits per heavy atom. The number of furan rings is 1. The van der Waals surface area contributed by atoms with Crippen LogP contribution in [0.15, 0.2) is 16.5 Å². The third-order valence-corrected chi connectivity index (χ3v) is 1.78. The molecular formula is C9H10F3NO2. The van der Waals surface area contributed by atoms with Crippen LogP contribution in [0, 0.1) is 6.92 Å². The molecule has 1 aromatic rings. The summed E-state index contributed by atoms with van der Waals surface area (Å²) in [5.41, 5.74) is 0. The first kappa shape index (κ1) is 11.6. The van der Waals surface area contributed by atoms with Gasteiger partial charge in [0.25, 0.3) is 0 Å². The second-order valence-electron chi connectivity index (χ2n) is 3.17. The fourth-order valence-electron chi connectivity index (χ4n) is 1.09. The van der Waals surface area contributed by atoms with E-state index in [0.29, 0.717) is 16.4 Å². The van der Waals surface area contributed by atoms with Crippen LogP contribution in [0.25, 0.3) is 0 Å². The lowest BCUT2D eigenvalue weighted by Crippen LogP contribution is -2.37. The Kier molecular flexibility index (Phi) is 3.06. The largest absolute Gasteiger partial charge is 0.471 e. The van der Waals surface area contributed by atoms with Crippen LogP contribution in [0.5, 0.6) is 0 Å². The van der Waals surface area contributed by atoms with Crippen LogP contribution < -0.4 is 0 Å². The van der Waals surface area contributed by atoms with Crippen molar-refractivity contribution in [3.05, 3.63) is 23.7 Å². The van der Waals surface area contributed by atoms with Gasteiger partial charge in [-0.05, 0) is 19.1 Å². The Labute approximate surface area is 84.5 Å². The number of hydrogen-bond acceptors (Lipinski definition) is 2. The standard InChI is InChI=1S/C9H10F3NO2/c1-6-3-4-7(15-6)5-13(2)8(14)9(10,11)12/h3-4H,5H2,1-2H3. The van der Waals surface area contributed by atoms with Gasteiger partial charge in [0.05, 0.1) is 6.54 Å². The fourth-order valence-corrected chi connectivity index (χ4v) is 1.09. The van der Waals surface area contributed by atoms with Crippen molar-refractivity contribution in [2.45, 2.75) is 19.6 Å². The zero-order valence-corrected chi connectivity index (χ0v) is 8.26. The molecule has 1 aromatic heterocycles. The normalized spacial score (nSPS) is 11.5. The molecule has 0 saturated heterocycles. The summed E-state index contributed by atoms with van der Waals surface area (Å²) in [5, 5.41) is 0. The van der Waals surface area contributed by atoms with E-state index in [1.54, 1.807) is 13.0 Å². The van der Waals surface area contributed by atoms with Gasteiger partial charge in [-0.2, -0.15) is 13.2 Å². The van der Waals surface area contributed by atoms with E-state index in [-0.39, 0.29) is 6.54 Å². The molecule has 0 atom stereocenters. The van der Waals surface area contributed by atoms with E-state index in [2.05, 4.69) is 0 Å². The van der Waals surface area contributed by atoms with Crippen molar-refractivity contribution in [3.63, 3.8) is 0 Å². The van der Waals surface area contributed by atoms with E-state index < -0.39 is 12.1 Å². The Hall–Kier alpha value is -1.46. The first-order valence-corrected chi connectivity index (χ1v) is 4.18. The lowest BCUT2D eigenvalue weighted by atomic mass is 10.4. The minimum atomic E-state index is -4.84. The average molecular weight is 221 g/mol. The van der Waals surface area contributed by atoms with Gasteiger partial charge in [0.2, 0.25) is 0 Å². The van der Waals surface area contributed by atoms with E-state index >= 15 is 0 Å². The predicted molar refractivity (Wildman–Crippen MR) is 46.0 cm³/mol. The summed E-state index contributed by atoms with van der Waals surface area (Å²) in [6.45, 7) is 1.49. The first-order chi connectivity index (χ1) is 6.80. The summed E-state index contributed by atoms with van der Waals surface area (Å²) < 4.78 is 41.0. The van der Waals surface area contributed by atoms with E-state index in [4.69, 9.17) is 4.42 Å². The Morgan fingerprint density at radius 2 is 2.07 bits per heavy atom. The molecule has 0 spiro atoms. The molecule has 0 radical (unpaired) electrons. The van der Waals surface area contributed by atoms with Crippen LogP contribution in [0.2, 0.25) is 0 Å². The molecule has 0 aliphatic rings. The second kappa shape index (κ2) is 3.96. The van der Waals surface area contributed by atoms with E-state index in [9.17, 15) is 18.0 Å². The maximum atomic E-state index is 12.0. The molecule has 0 aliphatic carbocycles. The Balaban J connectivity index is 2.64. The molecule has 0 N–H and O–H groups in total. The van der Waals surface area contributed by atoms with Gasteiger partial charge in [0, 0.05) is 7.05 Å². The summed E-state index contributed by atoms with van der Waals surface area (Å²) in [6, 6.07) is 3.16. The number of aryl methyl sites for hydroxylation is 1. The number of halogens is 3. The first-order valence-electron chi connectivity index (χ1n) is 4.18. The van der Waals surface area contributed by atoms with Crippen LogP contribution >= 0.6 is 0 Å². The summed E-state index contributed by atoms with van der Waals surface area (Å²) in [7, 11) is 1.08. The molecule has 3 nitrogen and oxygen atoms in total. The third kappa shape index (κ3) is 3.00. The zero-order valence-electron chi connectivity index (χ0n) is 8.26. The highest BCUT2D eigenvalue weighted by molar-refractivity contribution is 5.81. The van der Waals surface area contributed by atoms with Gasteiger partial charge >= 0.3 is 12.1 Å². The molecule has 0 fully saturated rings. The van der Waals surface area contributed by atoms with Gasteiger partial charge in [-0.25, -0.2) is 0 Å². The zero-order chi connectivity index (χ0) is 11.6. The highest BCUT2D eigenvalue weighted by Gasteiger charge is 2.41. The average Bonchev–Trinajstić information content (AvgIpc) is 2.48. The molecule has 0 unspecified atom stereocenters. The molecule has 0 saturated carbocycles. The lowest BCUT2D eigenvalue weighted by Gasteiger charge is -2.16. The lowest BCUT2D eigenvalue weighted by molar-refractivity contribution is -0.184. The Bertz CT molecular complexity index is 356. The van der Waals surface area contributed by atoms with Crippen LogP contribution in [0.3, 0.4) is 0 Å². The van der Waals surface area contributed by atoms with Gasteiger partial charge < -0.3 is 9.32 Å². The molecule has 84 valence electrons. The molecule has 1 amide bonds. The molecular weight excluding hydrogens is 211 g/mol. The summed E-state index contributed by atoms with van der Waals surface area (Å²) in [4.78, 5) is 11.3. The highest BCUT2D eigenvalue weighted by atomic mass is 19.4. The molecule has 0 aliphatic heterocycles. The second-order valence-corrected chi connectivity index (χ2v) is 3.17. The van der Waals surface area contributed by atoms with Crippen LogP contribution in [0.1, 0.15) is 11.5 Å². The van der Waals surface area contributed by atoms with Gasteiger partial charge in [-0.1, -0.05) is 0 Å². The molecule has 1 rings (SSSR count). The van der Waals surface area contributed by atoms with Crippen molar-refractivity contribution < 1.29 is 22.4 Å². The van der Waals surface area contributed by atoms with Gasteiger partial charge in [0.1, 0.15) is 11.5 Å². The van der Waals surface area contributed by atoms with E-state index in [0.717, 1.165) is 7.05 Å². The molecule has 1 heterocycles. The molecule has 0 aromatic carbocycles. The number of nitrogens with zero attached hydrogens (tertiary/aromatic N) is 1. The monoisotopic (exact) mass is 221 g/mol. The minimum Gasteiger partial charge on any atom is -0.464 e. The van der Waals surface area contributed by atoms with Crippen molar-refractivity contribution >= 4 is 5.91 Å². The number of hydrogen-bond donors (Lipinski definition) is 0. The van der Waals surface area contributed by atoms with Crippen molar-refractivity contribution in [2.24, 2.45) is 0 Å². The van der Waals surface area contributed by atoms with Crippen molar-refractivity contribution in [3.8, 4) is 0 Å². The maximum absolute atomic E-state index is 12.0. The SMILES string of the molecule is Cc1ccc(CN(C)C(=O)C(F)(F)F)o1. The van der Waals surface area contributed by atoms with Crippen molar-refractivity contribution in [2.75, 3.05) is 7.05 Å². The smallest absolute Gasteiger partial charge is 0.464 e.